The van der Waals surface area contributed by atoms with Gasteiger partial charge in [0.2, 0.25) is 4.77 Å². The van der Waals surface area contributed by atoms with E-state index in [1.54, 1.807) is 19.2 Å². The molecule has 0 saturated heterocycles. The lowest BCUT2D eigenvalue weighted by Gasteiger charge is -2.05. The molecule has 128 valence electrons. The van der Waals surface area contributed by atoms with E-state index in [4.69, 9.17) is 17.0 Å². The number of nitrogens with one attached hydrogen (secondary N) is 1. The standard InChI is InChI=1S/C16H12Br2N4O2S/c1-24-12-4-2-3-9(6-12)15-20-21-16(25)22(15)19-8-10-5-11(17)7-13(18)14(10)23/h2-8,23H,1H3,(H,21,25)/b19-8-. The molecule has 1 heterocycles. The van der Waals surface area contributed by atoms with Crippen molar-refractivity contribution >= 4 is 50.3 Å². The van der Waals surface area contributed by atoms with Gasteiger partial charge in [0, 0.05) is 15.6 Å². The van der Waals surface area contributed by atoms with Crippen LogP contribution in [0, 0.1) is 4.77 Å². The number of benzene rings is 2. The second-order valence-corrected chi connectivity index (χ2v) is 7.12. The summed E-state index contributed by atoms with van der Waals surface area (Å²) in [6, 6.07) is 10.9. The molecular formula is C16H12Br2N4O2S. The van der Waals surface area contributed by atoms with Crippen molar-refractivity contribution in [1.82, 2.24) is 14.9 Å². The highest BCUT2D eigenvalue weighted by Gasteiger charge is 2.10. The van der Waals surface area contributed by atoms with E-state index in [0.29, 0.717) is 26.4 Å². The molecule has 0 radical (unpaired) electrons. The summed E-state index contributed by atoms with van der Waals surface area (Å²) in [5.74, 6) is 1.33. The number of halogens is 2. The number of methoxy groups -OCH3 is 1. The summed E-state index contributed by atoms with van der Waals surface area (Å²) in [5, 5.41) is 21.5. The first kappa shape index (κ1) is 17.8. The van der Waals surface area contributed by atoms with Crippen molar-refractivity contribution in [2.24, 2.45) is 5.10 Å². The van der Waals surface area contributed by atoms with E-state index in [0.717, 1.165) is 10.0 Å². The van der Waals surface area contributed by atoms with Crippen LogP contribution in [0.25, 0.3) is 11.4 Å². The van der Waals surface area contributed by atoms with Crippen LogP contribution < -0.4 is 4.74 Å². The Labute approximate surface area is 165 Å². The van der Waals surface area contributed by atoms with E-state index >= 15 is 0 Å². The predicted molar refractivity (Wildman–Crippen MR) is 106 cm³/mol. The Morgan fingerprint density at radius 3 is 2.88 bits per heavy atom. The molecule has 0 fully saturated rings. The summed E-state index contributed by atoms with van der Waals surface area (Å²) in [7, 11) is 1.60. The molecule has 25 heavy (non-hydrogen) atoms. The largest absolute Gasteiger partial charge is 0.506 e. The fourth-order valence-electron chi connectivity index (χ4n) is 2.15. The first-order valence-corrected chi connectivity index (χ1v) is 9.03. The molecule has 1 aromatic heterocycles. The summed E-state index contributed by atoms with van der Waals surface area (Å²) in [5.41, 5.74) is 1.32. The Morgan fingerprint density at radius 2 is 2.12 bits per heavy atom. The van der Waals surface area contributed by atoms with Crippen molar-refractivity contribution in [3.05, 3.63) is 55.7 Å². The van der Waals surface area contributed by atoms with Crippen LogP contribution in [0.5, 0.6) is 11.5 Å². The highest BCUT2D eigenvalue weighted by Crippen LogP contribution is 2.30. The van der Waals surface area contributed by atoms with Crippen LogP contribution in [0.15, 0.2) is 50.4 Å². The molecule has 0 aliphatic heterocycles. The van der Waals surface area contributed by atoms with E-state index in [2.05, 4.69) is 47.2 Å². The molecule has 0 saturated carbocycles. The van der Waals surface area contributed by atoms with Gasteiger partial charge in [-0.25, -0.2) is 5.10 Å². The summed E-state index contributed by atoms with van der Waals surface area (Å²) in [6.45, 7) is 0. The first-order valence-electron chi connectivity index (χ1n) is 7.04. The van der Waals surface area contributed by atoms with Gasteiger partial charge in [0.25, 0.3) is 0 Å². The number of nitrogens with zero attached hydrogens (tertiary/aromatic N) is 3. The molecule has 0 aliphatic rings. The summed E-state index contributed by atoms with van der Waals surface area (Å²) in [6.07, 6.45) is 1.51. The first-order chi connectivity index (χ1) is 12.0. The van der Waals surface area contributed by atoms with Crippen LogP contribution in [0.2, 0.25) is 0 Å². The number of H-pyrrole nitrogens is 1. The van der Waals surface area contributed by atoms with Gasteiger partial charge in [-0.1, -0.05) is 28.1 Å². The number of aromatic amines is 1. The van der Waals surface area contributed by atoms with Crippen LogP contribution in [-0.4, -0.2) is 33.3 Å². The quantitative estimate of drug-likeness (QED) is 0.415. The molecule has 0 amide bonds. The van der Waals surface area contributed by atoms with Gasteiger partial charge in [0.1, 0.15) is 11.5 Å². The maximum absolute atomic E-state index is 10.1. The Kier molecular flexibility index (Phi) is 5.36. The molecule has 3 rings (SSSR count). The van der Waals surface area contributed by atoms with Gasteiger partial charge in [-0.05, 0) is 52.4 Å². The molecule has 2 aromatic carbocycles. The van der Waals surface area contributed by atoms with Crippen LogP contribution >= 0.6 is 44.1 Å². The molecule has 6 nitrogen and oxygen atoms in total. The van der Waals surface area contributed by atoms with Gasteiger partial charge in [0.15, 0.2) is 5.82 Å². The SMILES string of the molecule is COc1cccc(-c2n[nH]c(=S)n2/N=C\c2cc(Br)cc(Br)c2O)c1. The molecule has 3 aromatic rings. The van der Waals surface area contributed by atoms with Crippen LogP contribution in [0.4, 0.5) is 0 Å². The number of phenolic OH excluding ortho intramolecular Hbond substituents is 1. The van der Waals surface area contributed by atoms with Gasteiger partial charge in [0.05, 0.1) is 17.8 Å². The third-order valence-electron chi connectivity index (χ3n) is 3.35. The van der Waals surface area contributed by atoms with Gasteiger partial charge >= 0.3 is 0 Å². The van der Waals surface area contributed by atoms with E-state index in [1.165, 1.54) is 10.9 Å². The summed E-state index contributed by atoms with van der Waals surface area (Å²) >= 11 is 11.9. The zero-order valence-electron chi connectivity index (χ0n) is 12.9. The zero-order chi connectivity index (χ0) is 18.0. The van der Waals surface area contributed by atoms with Gasteiger partial charge < -0.3 is 9.84 Å². The minimum absolute atomic E-state index is 0.0879. The molecule has 2 N–H and O–H groups in total. The van der Waals surface area contributed by atoms with Crippen molar-refractivity contribution in [1.29, 1.82) is 0 Å². The van der Waals surface area contributed by atoms with E-state index in [1.807, 2.05) is 24.3 Å². The topological polar surface area (TPSA) is 75.4 Å². The number of aromatic hydroxyl groups is 1. The third kappa shape index (κ3) is 3.83. The highest BCUT2D eigenvalue weighted by molar-refractivity contribution is 9.11. The third-order valence-corrected chi connectivity index (χ3v) is 4.67. The maximum Gasteiger partial charge on any atom is 0.216 e. The smallest absolute Gasteiger partial charge is 0.216 e. The van der Waals surface area contributed by atoms with Crippen LogP contribution in [0.1, 0.15) is 5.56 Å². The minimum atomic E-state index is 0.0879. The number of hydrogen-bond donors (Lipinski definition) is 2. The van der Waals surface area contributed by atoms with Crippen LogP contribution in [0.3, 0.4) is 0 Å². The van der Waals surface area contributed by atoms with Crippen molar-refractivity contribution in [3.63, 3.8) is 0 Å². The lowest BCUT2D eigenvalue weighted by Crippen LogP contribution is -1.96. The van der Waals surface area contributed by atoms with E-state index in [9.17, 15) is 5.11 Å². The van der Waals surface area contributed by atoms with Crippen molar-refractivity contribution in [2.45, 2.75) is 0 Å². The number of hydrogen-bond acceptors (Lipinski definition) is 5. The molecule has 0 unspecified atom stereocenters. The van der Waals surface area contributed by atoms with Gasteiger partial charge in [-0.15, -0.1) is 0 Å². The molecule has 0 spiro atoms. The maximum atomic E-state index is 10.1. The molecule has 0 bridgehead atoms. The average Bonchev–Trinajstić information content (AvgIpc) is 2.97. The number of rotatable bonds is 4. The summed E-state index contributed by atoms with van der Waals surface area (Å²) < 4.78 is 8.43. The van der Waals surface area contributed by atoms with Gasteiger partial charge in [-0.3, -0.25) is 0 Å². The Hall–Kier alpha value is -1.97. The monoisotopic (exact) mass is 482 g/mol. The molecule has 0 atom stereocenters. The fourth-order valence-corrected chi connectivity index (χ4v) is 3.59. The number of ether oxygens (including phenoxy) is 1. The lowest BCUT2D eigenvalue weighted by atomic mass is 10.2. The second kappa shape index (κ2) is 7.51. The summed E-state index contributed by atoms with van der Waals surface area (Å²) in [4.78, 5) is 0. The average molecular weight is 484 g/mol. The van der Waals surface area contributed by atoms with Crippen molar-refractivity contribution in [2.75, 3.05) is 7.11 Å². The Bertz CT molecular complexity index is 1010. The Morgan fingerprint density at radius 1 is 1.32 bits per heavy atom. The lowest BCUT2D eigenvalue weighted by molar-refractivity contribution is 0.415. The van der Waals surface area contributed by atoms with E-state index in [-0.39, 0.29) is 5.75 Å². The van der Waals surface area contributed by atoms with Gasteiger partial charge in [-0.2, -0.15) is 14.9 Å². The number of phenols is 1. The van der Waals surface area contributed by atoms with Crippen molar-refractivity contribution < 1.29 is 9.84 Å². The Balaban J connectivity index is 2.05. The van der Waals surface area contributed by atoms with E-state index < -0.39 is 0 Å². The molecule has 0 aliphatic carbocycles. The fraction of sp³-hybridized carbons (Fsp3) is 0.0625. The normalized spacial score (nSPS) is 11.2. The second-order valence-electron chi connectivity index (χ2n) is 4.97. The predicted octanol–water partition coefficient (Wildman–Crippen LogP) is 4.73. The highest BCUT2D eigenvalue weighted by atomic mass is 79.9. The molecule has 9 heteroatoms. The zero-order valence-corrected chi connectivity index (χ0v) is 16.9. The van der Waals surface area contributed by atoms with Crippen molar-refractivity contribution in [3.8, 4) is 22.9 Å². The van der Waals surface area contributed by atoms with Crippen LogP contribution in [-0.2, 0) is 0 Å². The molecular weight excluding hydrogens is 472 g/mol. The minimum Gasteiger partial charge on any atom is -0.506 e. The number of aromatic nitrogens is 3.